The summed E-state index contributed by atoms with van der Waals surface area (Å²) in [5, 5.41) is 23.0. The molecule has 0 aliphatic heterocycles. The van der Waals surface area contributed by atoms with Gasteiger partial charge in [-0.3, -0.25) is 5.41 Å². The van der Waals surface area contributed by atoms with E-state index in [1.165, 1.54) is 0 Å². The molecule has 3 N–H and O–H groups in total. The molecule has 0 fully saturated rings. The Balaban J connectivity index is 1.88. The van der Waals surface area contributed by atoms with E-state index in [0.717, 1.165) is 27.5 Å². The van der Waals surface area contributed by atoms with Crippen molar-refractivity contribution in [1.29, 1.82) is 5.41 Å². The highest BCUT2D eigenvalue weighted by molar-refractivity contribution is 6.07. The number of amidine groups is 1. The van der Waals surface area contributed by atoms with E-state index >= 15 is 0 Å². The highest BCUT2D eigenvalue weighted by Gasteiger charge is 2.10. The highest BCUT2D eigenvalue weighted by Crippen LogP contribution is 2.30. The molecule has 3 aromatic rings. The summed E-state index contributed by atoms with van der Waals surface area (Å²) in [7, 11) is 0. The number of aliphatic hydroxyl groups excluding tert-OH is 1. The minimum atomic E-state index is 0.0590. The fourth-order valence-electron chi connectivity index (χ4n) is 3.07. The van der Waals surface area contributed by atoms with Gasteiger partial charge < -0.3 is 15.3 Å². The molecule has 0 aliphatic carbocycles. The largest absolute Gasteiger partial charge is 0.395 e. The van der Waals surface area contributed by atoms with Crippen molar-refractivity contribution in [3.05, 3.63) is 48.5 Å². The normalized spacial score (nSPS) is 11.0. The monoisotopic (exact) mass is 336 g/mol. The van der Waals surface area contributed by atoms with Gasteiger partial charge in [-0.15, -0.1) is 0 Å². The predicted octanol–water partition coefficient (Wildman–Crippen LogP) is 3.48. The summed E-state index contributed by atoms with van der Waals surface area (Å²) in [6.45, 7) is 3.89. The summed E-state index contributed by atoms with van der Waals surface area (Å²) in [6, 6.07) is 16.3. The molecule has 0 spiro atoms. The number of hydrogen-bond acceptors (Lipinski definition) is 4. The topological polar surface area (TPSA) is 72.2 Å². The number of para-hydroxylation sites is 2. The van der Waals surface area contributed by atoms with Gasteiger partial charge in [-0.25, -0.2) is 4.98 Å². The summed E-state index contributed by atoms with van der Waals surface area (Å²) in [4.78, 5) is 6.65. The molecule has 25 heavy (non-hydrogen) atoms. The summed E-state index contributed by atoms with van der Waals surface area (Å²) < 4.78 is 0. The first kappa shape index (κ1) is 17.2. The second kappa shape index (κ2) is 7.94. The molecular formula is C20H24N4O. The van der Waals surface area contributed by atoms with Crippen molar-refractivity contribution in [1.82, 2.24) is 9.88 Å². The zero-order valence-corrected chi connectivity index (χ0v) is 14.5. The minimum Gasteiger partial charge on any atom is -0.395 e. The summed E-state index contributed by atoms with van der Waals surface area (Å²) in [5.74, 6) is 0.556. The average Bonchev–Trinajstić information content (AvgIpc) is 2.66. The van der Waals surface area contributed by atoms with E-state index in [-0.39, 0.29) is 6.61 Å². The molecule has 3 rings (SSSR count). The van der Waals surface area contributed by atoms with Crippen LogP contribution >= 0.6 is 0 Å². The molecule has 5 heteroatoms. The van der Waals surface area contributed by atoms with E-state index < -0.39 is 0 Å². The lowest BCUT2D eigenvalue weighted by molar-refractivity contribution is 0.250. The average molecular weight is 336 g/mol. The summed E-state index contributed by atoms with van der Waals surface area (Å²) in [6.07, 6.45) is 0.668. The van der Waals surface area contributed by atoms with Crippen molar-refractivity contribution in [3.8, 4) is 0 Å². The van der Waals surface area contributed by atoms with Crippen molar-refractivity contribution < 1.29 is 5.11 Å². The Morgan fingerprint density at radius 1 is 1.04 bits per heavy atom. The fraction of sp³-hybridized carbons (Fsp3) is 0.300. The van der Waals surface area contributed by atoms with Gasteiger partial charge >= 0.3 is 0 Å². The fourth-order valence-corrected chi connectivity index (χ4v) is 3.07. The Bertz CT molecular complexity index is 824. The van der Waals surface area contributed by atoms with Crippen LogP contribution in [0.4, 0.5) is 5.69 Å². The number of anilines is 1. The predicted molar refractivity (Wildman–Crippen MR) is 104 cm³/mol. The number of benzene rings is 2. The molecule has 0 saturated heterocycles. The van der Waals surface area contributed by atoms with Crippen LogP contribution in [0, 0.1) is 5.41 Å². The smallest absolute Gasteiger partial charge is 0.0956 e. The number of aliphatic hydroxyl groups is 1. The molecule has 1 aromatic heterocycles. The zero-order valence-electron chi connectivity index (χ0n) is 14.5. The van der Waals surface area contributed by atoms with Crippen LogP contribution in [-0.4, -0.2) is 47.1 Å². The van der Waals surface area contributed by atoms with Crippen LogP contribution in [0.25, 0.3) is 21.8 Å². The quantitative estimate of drug-likeness (QED) is 0.351. The number of pyridine rings is 1. The van der Waals surface area contributed by atoms with Gasteiger partial charge in [0, 0.05) is 36.8 Å². The maximum atomic E-state index is 9.21. The van der Waals surface area contributed by atoms with Gasteiger partial charge in [-0.05, 0) is 12.1 Å². The van der Waals surface area contributed by atoms with E-state index in [2.05, 4.69) is 17.4 Å². The van der Waals surface area contributed by atoms with Crippen LogP contribution in [0.1, 0.15) is 13.3 Å². The molecule has 0 bridgehead atoms. The highest BCUT2D eigenvalue weighted by atomic mass is 16.3. The zero-order chi connectivity index (χ0) is 17.6. The van der Waals surface area contributed by atoms with Crippen molar-refractivity contribution in [2.24, 2.45) is 0 Å². The third kappa shape index (κ3) is 3.72. The van der Waals surface area contributed by atoms with Gasteiger partial charge in [0.2, 0.25) is 0 Å². The number of fused-ring (bicyclic) bond motifs is 2. The Morgan fingerprint density at radius 3 is 2.20 bits per heavy atom. The standard InChI is InChI=1S/C20H24N4O/c1-2-19(21)24(13-14-25)12-11-22-20-15-7-3-5-9-17(15)23-18-10-6-4-8-16(18)20/h3-10,21,25H,2,11-14H2,1H3,(H,22,23). The third-order valence-corrected chi connectivity index (χ3v) is 4.36. The van der Waals surface area contributed by atoms with E-state index in [1.54, 1.807) is 0 Å². The molecule has 5 nitrogen and oxygen atoms in total. The molecule has 0 saturated carbocycles. The number of nitrogens with one attached hydrogen (secondary N) is 2. The molecule has 130 valence electrons. The van der Waals surface area contributed by atoms with E-state index in [4.69, 9.17) is 10.4 Å². The van der Waals surface area contributed by atoms with Crippen LogP contribution < -0.4 is 5.32 Å². The van der Waals surface area contributed by atoms with Gasteiger partial charge in [0.1, 0.15) is 0 Å². The van der Waals surface area contributed by atoms with Gasteiger partial charge in [0.05, 0.1) is 29.2 Å². The van der Waals surface area contributed by atoms with E-state index in [1.807, 2.05) is 48.2 Å². The minimum absolute atomic E-state index is 0.0590. The Kier molecular flexibility index (Phi) is 5.46. The SMILES string of the molecule is CCC(=N)N(CCO)CCNc1c2ccccc2nc2ccccc12. The maximum absolute atomic E-state index is 9.21. The van der Waals surface area contributed by atoms with Crippen LogP contribution in [0.3, 0.4) is 0 Å². The first-order valence-electron chi connectivity index (χ1n) is 8.69. The Labute approximate surface area is 147 Å². The third-order valence-electron chi connectivity index (χ3n) is 4.36. The lowest BCUT2D eigenvalue weighted by atomic mass is 10.1. The molecular weight excluding hydrogens is 312 g/mol. The Hall–Kier alpha value is -2.66. The van der Waals surface area contributed by atoms with Crippen LogP contribution in [0.15, 0.2) is 48.5 Å². The van der Waals surface area contributed by atoms with Crippen molar-refractivity contribution >= 4 is 33.3 Å². The maximum Gasteiger partial charge on any atom is 0.0956 e. The number of hydrogen-bond donors (Lipinski definition) is 3. The lowest BCUT2D eigenvalue weighted by Gasteiger charge is -2.24. The van der Waals surface area contributed by atoms with Gasteiger partial charge in [0.15, 0.2) is 0 Å². The molecule has 2 aromatic carbocycles. The molecule has 1 heterocycles. The molecule has 0 atom stereocenters. The number of rotatable bonds is 7. The van der Waals surface area contributed by atoms with E-state index in [0.29, 0.717) is 31.9 Å². The van der Waals surface area contributed by atoms with Crippen LogP contribution in [0.5, 0.6) is 0 Å². The summed E-state index contributed by atoms with van der Waals surface area (Å²) >= 11 is 0. The van der Waals surface area contributed by atoms with Gasteiger partial charge in [0.25, 0.3) is 0 Å². The second-order valence-electron chi connectivity index (χ2n) is 5.96. The molecule has 0 aliphatic rings. The van der Waals surface area contributed by atoms with Gasteiger partial charge in [-0.1, -0.05) is 43.3 Å². The first-order chi connectivity index (χ1) is 12.2. The summed E-state index contributed by atoms with van der Waals surface area (Å²) in [5.41, 5.74) is 3.02. The van der Waals surface area contributed by atoms with Crippen LogP contribution in [-0.2, 0) is 0 Å². The number of nitrogens with zero attached hydrogens (tertiary/aromatic N) is 2. The van der Waals surface area contributed by atoms with Crippen molar-refractivity contribution in [3.63, 3.8) is 0 Å². The van der Waals surface area contributed by atoms with Crippen LogP contribution in [0.2, 0.25) is 0 Å². The molecule has 0 amide bonds. The first-order valence-corrected chi connectivity index (χ1v) is 8.69. The van der Waals surface area contributed by atoms with Crippen molar-refractivity contribution in [2.75, 3.05) is 31.6 Å². The Morgan fingerprint density at radius 2 is 1.64 bits per heavy atom. The second-order valence-corrected chi connectivity index (χ2v) is 5.96. The molecule has 0 unspecified atom stereocenters. The molecule has 0 radical (unpaired) electrons. The van der Waals surface area contributed by atoms with Crippen molar-refractivity contribution in [2.45, 2.75) is 13.3 Å². The lowest BCUT2D eigenvalue weighted by Crippen LogP contribution is -2.36. The van der Waals surface area contributed by atoms with E-state index in [9.17, 15) is 5.11 Å². The number of aromatic nitrogens is 1. The van der Waals surface area contributed by atoms with Gasteiger partial charge in [-0.2, -0.15) is 0 Å².